The Bertz CT molecular complexity index is 1070. The molecular weight excluding hydrogens is 433 g/mol. The van der Waals surface area contributed by atoms with Gasteiger partial charge >= 0.3 is 0 Å². The SMILES string of the molecule is CC(C)(C)c1ccc(C(C)(C)[C@H]2CCCC[C@@H]2NP(=O)(c2ccccc2)c2ccccc2)cc1. The van der Waals surface area contributed by atoms with Crippen molar-refractivity contribution in [1.82, 2.24) is 5.09 Å². The second-order valence-corrected chi connectivity index (χ2v) is 14.0. The highest BCUT2D eigenvalue weighted by Gasteiger charge is 2.41. The highest BCUT2D eigenvalue weighted by molar-refractivity contribution is 7.76. The minimum absolute atomic E-state index is 0.0211. The first-order valence-electron chi connectivity index (χ1n) is 12.7. The van der Waals surface area contributed by atoms with Crippen molar-refractivity contribution >= 4 is 17.9 Å². The van der Waals surface area contributed by atoms with Gasteiger partial charge in [0.1, 0.15) is 0 Å². The van der Waals surface area contributed by atoms with Gasteiger partial charge in [-0.2, -0.15) is 0 Å². The molecule has 2 atom stereocenters. The summed E-state index contributed by atoms with van der Waals surface area (Å²) >= 11 is 0. The number of hydrogen-bond donors (Lipinski definition) is 1. The summed E-state index contributed by atoms with van der Waals surface area (Å²) in [6.45, 7) is 11.5. The van der Waals surface area contributed by atoms with Gasteiger partial charge in [0.05, 0.1) is 0 Å². The lowest BCUT2D eigenvalue weighted by atomic mass is 9.65. The van der Waals surface area contributed by atoms with Crippen LogP contribution in [-0.2, 0) is 15.4 Å². The summed E-state index contributed by atoms with van der Waals surface area (Å²) < 4.78 is 14.7. The van der Waals surface area contributed by atoms with E-state index >= 15 is 0 Å². The standard InChI is InChI=1S/C31H40NOP/c1-30(2,3)24-20-22-25(23-21-24)31(4,5)28-18-12-13-19-29(28)32-34(33,26-14-8-6-9-15-26)27-16-10-7-11-17-27/h6-11,14-17,20-23,28-29H,12-13,18-19H2,1-5H3,(H,32,33)/t28-,29-/m0/s1. The fraction of sp³-hybridized carbons (Fsp3) is 0.419. The van der Waals surface area contributed by atoms with E-state index in [0.717, 1.165) is 23.5 Å². The fourth-order valence-electron chi connectivity index (χ4n) is 5.57. The Morgan fingerprint density at radius 1 is 0.676 bits per heavy atom. The molecule has 0 heterocycles. The van der Waals surface area contributed by atoms with Gasteiger partial charge < -0.3 is 0 Å². The first-order valence-corrected chi connectivity index (χ1v) is 14.4. The smallest absolute Gasteiger partial charge is 0.204 e. The number of rotatable bonds is 6. The molecular formula is C31H40NOP. The third-order valence-electron chi connectivity index (χ3n) is 7.78. The second-order valence-electron chi connectivity index (χ2n) is 11.5. The van der Waals surface area contributed by atoms with Crippen LogP contribution in [0.25, 0.3) is 0 Å². The summed E-state index contributed by atoms with van der Waals surface area (Å²) in [6, 6.07) is 29.4. The maximum Gasteiger partial charge on any atom is 0.204 e. The Morgan fingerprint density at radius 2 is 1.15 bits per heavy atom. The van der Waals surface area contributed by atoms with Crippen LogP contribution in [0, 0.1) is 5.92 Å². The lowest BCUT2D eigenvalue weighted by Gasteiger charge is -2.44. The Labute approximate surface area is 206 Å². The predicted molar refractivity (Wildman–Crippen MR) is 147 cm³/mol. The first-order chi connectivity index (χ1) is 16.1. The van der Waals surface area contributed by atoms with E-state index in [0.29, 0.717) is 5.92 Å². The third kappa shape index (κ3) is 5.09. The van der Waals surface area contributed by atoms with Crippen molar-refractivity contribution < 1.29 is 4.57 Å². The van der Waals surface area contributed by atoms with Crippen molar-refractivity contribution in [1.29, 1.82) is 0 Å². The van der Waals surface area contributed by atoms with Gasteiger partial charge in [0.15, 0.2) is 0 Å². The maximum atomic E-state index is 14.7. The van der Waals surface area contributed by atoms with Crippen LogP contribution in [0.5, 0.6) is 0 Å². The minimum atomic E-state index is -2.97. The van der Waals surface area contributed by atoms with E-state index in [4.69, 9.17) is 0 Å². The number of hydrogen-bond acceptors (Lipinski definition) is 1. The molecule has 34 heavy (non-hydrogen) atoms. The number of nitrogens with one attached hydrogen (secondary N) is 1. The van der Waals surface area contributed by atoms with Crippen LogP contribution in [0.15, 0.2) is 84.9 Å². The van der Waals surface area contributed by atoms with Crippen LogP contribution in [0.4, 0.5) is 0 Å². The van der Waals surface area contributed by atoms with Gasteiger partial charge in [0.25, 0.3) is 0 Å². The van der Waals surface area contributed by atoms with Crippen LogP contribution in [-0.4, -0.2) is 6.04 Å². The van der Waals surface area contributed by atoms with Crippen molar-refractivity contribution in [2.75, 3.05) is 0 Å². The highest BCUT2D eigenvalue weighted by Crippen LogP contribution is 2.47. The fourth-order valence-corrected chi connectivity index (χ4v) is 8.13. The topological polar surface area (TPSA) is 29.1 Å². The molecule has 0 spiro atoms. The predicted octanol–water partition coefficient (Wildman–Crippen LogP) is 7.34. The molecule has 1 aliphatic rings. The van der Waals surface area contributed by atoms with E-state index in [1.54, 1.807) is 0 Å². The molecule has 0 radical (unpaired) electrons. The monoisotopic (exact) mass is 473 g/mol. The van der Waals surface area contributed by atoms with Gasteiger partial charge in [-0.1, -0.05) is 108 Å². The first kappa shape index (κ1) is 25.0. The molecule has 3 aromatic carbocycles. The van der Waals surface area contributed by atoms with Crippen LogP contribution in [0.1, 0.15) is 71.4 Å². The highest BCUT2D eigenvalue weighted by atomic mass is 31.2. The summed E-state index contributed by atoms with van der Waals surface area (Å²) in [6.07, 6.45) is 4.61. The largest absolute Gasteiger partial charge is 0.297 e. The summed E-state index contributed by atoms with van der Waals surface area (Å²) in [5.74, 6) is 0.405. The molecule has 3 aromatic rings. The molecule has 2 nitrogen and oxygen atoms in total. The molecule has 0 amide bonds. The molecule has 0 aliphatic heterocycles. The van der Waals surface area contributed by atoms with E-state index in [1.165, 1.54) is 24.0 Å². The van der Waals surface area contributed by atoms with Gasteiger partial charge in [-0.05, 0) is 65.0 Å². The zero-order chi connectivity index (χ0) is 24.4. The summed E-state index contributed by atoms with van der Waals surface area (Å²) in [5, 5.41) is 5.56. The van der Waals surface area contributed by atoms with Gasteiger partial charge in [-0.3, -0.25) is 9.65 Å². The molecule has 1 N–H and O–H groups in total. The quantitative estimate of drug-likeness (QED) is 0.380. The molecule has 1 fully saturated rings. The Balaban J connectivity index is 1.69. The molecule has 0 aromatic heterocycles. The van der Waals surface area contributed by atoms with Crippen LogP contribution in [0.3, 0.4) is 0 Å². The van der Waals surface area contributed by atoms with E-state index in [2.05, 4.69) is 64.0 Å². The molecule has 1 saturated carbocycles. The van der Waals surface area contributed by atoms with Crippen molar-refractivity contribution in [3.8, 4) is 0 Å². The van der Waals surface area contributed by atoms with Crippen molar-refractivity contribution in [3.05, 3.63) is 96.1 Å². The molecule has 180 valence electrons. The molecule has 4 rings (SSSR count). The van der Waals surface area contributed by atoms with Crippen LogP contribution in [0.2, 0.25) is 0 Å². The average Bonchev–Trinajstić information content (AvgIpc) is 2.85. The van der Waals surface area contributed by atoms with Gasteiger partial charge in [0.2, 0.25) is 7.29 Å². The van der Waals surface area contributed by atoms with Gasteiger partial charge in [-0.25, -0.2) is 0 Å². The average molecular weight is 474 g/mol. The van der Waals surface area contributed by atoms with Crippen molar-refractivity contribution in [2.45, 2.75) is 77.2 Å². The summed E-state index contributed by atoms with van der Waals surface area (Å²) in [5.41, 5.74) is 2.86. The van der Waals surface area contributed by atoms with Gasteiger partial charge in [0, 0.05) is 16.7 Å². The third-order valence-corrected chi connectivity index (χ3v) is 10.5. The number of benzene rings is 3. The lowest BCUT2D eigenvalue weighted by Crippen LogP contribution is -2.48. The van der Waals surface area contributed by atoms with Crippen LogP contribution < -0.4 is 15.7 Å². The van der Waals surface area contributed by atoms with E-state index in [9.17, 15) is 4.57 Å². The van der Waals surface area contributed by atoms with Crippen molar-refractivity contribution in [3.63, 3.8) is 0 Å². The minimum Gasteiger partial charge on any atom is -0.297 e. The summed E-state index contributed by atoms with van der Waals surface area (Å²) in [7, 11) is -2.97. The lowest BCUT2D eigenvalue weighted by molar-refractivity contribution is 0.192. The van der Waals surface area contributed by atoms with Crippen molar-refractivity contribution in [2.24, 2.45) is 5.92 Å². The molecule has 0 bridgehead atoms. The molecule has 0 saturated heterocycles. The van der Waals surface area contributed by atoms with E-state index < -0.39 is 7.29 Å². The maximum absolute atomic E-state index is 14.7. The van der Waals surface area contributed by atoms with Crippen LogP contribution >= 0.6 is 7.29 Å². The zero-order valence-electron chi connectivity index (χ0n) is 21.4. The second kappa shape index (κ2) is 9.84. The summed E-state index contributed by atoms with van der Waals surface area (Å²) in [4.78, 5) is 0. The zero-order valence-corrected chi connectivity index (χ0v) is 22.3. The normalized spacial score (nSPS) is 19.7. The molecule has 3 heteroatoms. The Morgan fingerprint density at radius 3 is 1.65 bits per heavy atom. The Kier molecular flexibility index (Phi) is 7.22. The molecule has 0 unspecified atom stereocenters. The van der Waals surface area contributed by atoms with E-state index in [1.807, 2.05) is 60.7 Å². The van der Waals surface area contributed by atoms with Gasteiger partial charge in [-0.15, -0.1) is 0 Å². The Hall–Kier alpha value is -2.15. The molecule has 1 aliphatic carbocycles. The van der Waals surface area contributed by atoms with E-state index in [-0.39, 0.29) is 16.9 Å².